The summed E-state index contributed by atoms with van der Waals surface area (Å²) in [7, 11) is 0. The molecule has 0 spiro atoms. The number of rotatable bonds is 7. The molecular weight excluding hydrogens is 440 g/mol. The van der Waals surface area contributed by atoms with Crippen LogP contribution in [0.4, 0.5) is 9.59 Å². The number of ether oxygens (including phenoxy) is 2. The van der Waals surface area contributed by atoms with Gasteiger partial charge in [0.05, 0.1) is 6.54 Å². The van der Waals surface area contributed by atoms with Gasteiger partial charge in [0, 0.05) is 12.1 Å². The number of carbonyl (C=O) groups is 4. The lowest BCUT2D eigenvalue weighted by Gasteiger charge is -2.31. The molecule has 1 fully saturated rings. The van der Waals surface area contributed by atoms with Crippen molar-refractivity contribution in [2.75, 3.05) is 13.1 Å². The molecule has 0 radical (unpaired) electrons. The van der Waals surface area contributed by atoms with Gasteiger partial charge in [0.2, 0.25) is 11.8 Å². The Hall–Kier alpha value is -3.30. The minimum absolute atomic E-state index is 0.0794. The highest BCUT2D eigenvalue weighted by molar-refractivity contribution is 5.93. The first-order valence-corrected chi connectivity index (χ1v) is 11.3. The molecule has 3 N–H and O–H groups in total. The summed E-state index contributed by atoms with van der Waals surface area (Å²) in [6, 6.07) is 7.40. The largest absolute Gasteiger partial charge is 0.445 e. The number of nitrogens with zero attached hydrogens (tertiary/aromatic N) is 1. The van der Waals surface area contributed by atoms with E-state index in [1.165, 1.54) is 4.90 Å². The highest BCUT2D eigenvalue weighted by atomic mass is 16.6. The molecule has 0 saturated carbocycles. The van der Waals surface area contributed by atoms with E-state index in [0.717, 1.165) is 5.56 Å². The number of nitrogens with one attached hydrogen (secondary N) is 3. The van der Waals surface area contributed by atoms with Crippen molar-refractivity contribution in [3.8, 4) is 0 Å². The van der Waals surface area contributed by atoms with Crippen LogP contribution in [0.15, 0.2) is 30.3 Å². The van der Waals surface area contributed by atoms with Gasteiger partial charge in [0.1, 0.15) is 24.3 Å². The molecule has 1 aliphatic heterocycles. The molecule has 1 aliphatic rings. The van der Waals surface area contributed by atoms with E-state index in [1.807, 2.05) is 51.1 Å². The van der Waals surface area contributed by atoms with Gasteiger partial charge in [-0.15, -0.1) is 0 Å². The number of hydrogen-bond donors (Lipinski definition) is 3. The normalized spacial score (nSPS) is 17.1. The molecule has 1 saturated heterocycles. The van der Waals surface area contributed by atoms with Gasteiger partial charge in [-0.25, -0.2) is 9.59 Å². The van der Waals surface area contributed by atoms with Crippen LogP contribution in [0.1, 0.15) is 53.5 Å². The summed E-state index contributed by atoms with van der Waals surface area (Å²) in [4.78, 5) is 51.7. The third-order valence-electron chi connectivity index (χ3n) is 4.76. The Labute approximate surface area is 200 Å². The molecule has 10 heteroatoms. The Balaban J connectivity index is 2.02. The molecule has 2 rings (SSSR count). The van der Waals surface area contributed by atoms with Crippen LogP contribution in [0.3, 0.4) is 0 Å². The fourth-order valence-electron chi connectivity index (χ4n) is 3.35. The van der Waals surface area contributed by atoms with Crippen LogP contribution < -0.4 is 16.0 Å². The Bertz CT molecular complexity index is 876. The summed E-state index contributed by atoms with van der Waals surface area (Å²) in [6.07, 6.45) is -1.09. The maximum Gasteiger partial charge on any atom is 0.408 e. The van der Waals surface area contributed by atoms with Crippen LogP contribution in [0.25, 0.3) is 0 Å². The first-order valence-electron chi connectivity index (χ1n) is 11.3. The van der Waals surface area contributed by atoms with E-state index < -0.39 is 47.2 Å². The summed E-state index contributed by atoms with van der Waals surface area (Å²) < 4.78 is 10.4. The molecule has 0 bridgehead atoms. The lowest BCUT2D eigenvalue weighted by atomic mass is 10.1. The van der Waals surface area contributed by atoms with Crippen LogP contribution in [0.5, 0.6) is 0 Å². The molecule has 1 heterocycles. The lowest BCUT2D eigenvalue weighted by Crippen LogP contribution is -2.57. The Kier molecular flexibility index (Phi) is 8.89. The molecule has 0 unspecified atom stereocenters. The third kappa shape index (κ3) is 8.92. The van der Waals surface area contributed by atoms with Gasteiger partial charge in [-0.2, -0.15) is 0 Å². The van der Waals surface area contributed by atoms with Crippen molar-refractivity contribution in [3.63, 3.8) is 0 Å². The quantitative estimate of drug-likeness (QED) is 0.555. The van der Waals surface area contributed by atoms with Gasteiger partial charge in [-0.3, -0.25) is 9.59 Å². The minimum Gasteiger partial charge on any atom is -0.445 e. The highest BCUT2D eigenvalue weighted by Crippen LogP contribution is 2.17. The molecule has 2 atom stereocenters. The fourth-order valence-corrected chi connectivity index (χ4v) is 3.35. The summed E-state index contributed by atoms with van der Waals surface area (Å²) in [5, 5.41) is 7.99. The summed E-state index contributed by atoms with van der Waals surface area (Å²) in [6.45, 7) is 10.8. The third-order valence-corrected chi connectivity index (χ3v) is 4.76. The smallest absolute Gasteiger partial charge is 0.408 e. The molecule has 1 aromatic carbocycles. The van der Waals surface area contributed by atoms with Crippen molar-refractivity contribution in [1.82, 2.24) is 20.9 Å². The summed E-state index contributed by atoms with van der Waals surface area (Å²) in [5.41, 5.74) is -0.421. The van der Waals surface area contributed by atoms with E-state index in [0.29, 0.717) is 6.42 Å². The van der Waals surface area contributed by atoms with Crippen molar-refractivity contribution in [2.24, 2.45) is 0 Å². The van der Waals surface area contributed by atoms with Gasteiger partial charge in [0.25, 0.3) is 0 Å². The van der Waals surface area contributed by atoms with Crippen LogP contribution in [-0.4, -0.2) is 65.2 Å². The zero-order valence-electron chi connectivity index (χ0n) is 20.8. The maximum absolute atomic E-state index is 13.0. The lowest BCUT2D eigenvalue weighted by molar-refractivity contribution is -0.138. The minimum atomic E-state index is -0.971. The number of likely N-dealkylation sites (tertiary alicyclic amines) is 1. The van der Waals surface area contributed by atoms with Gasteiger partial charge < -0.3 is 30.3 Å². The highest BCUT2D eigenvalue weighted by Gasteiger charge is 2.41. The van der Waals surface area contributed by atoms with Crippen molar-refractivity contribution in [2.45, 2.75) is 77.8 Å². The Morgan fingerprint density at radius 1 is 1.06 bits per heavy atom. The van der Waals surface area contributed by atoms with Crippen molar-refractivity contribution in [3.05, 3.63) is 35.9 Å². The van der Waals surface area contributed by atoms with E-state index >= 15 is 0 Å². The monoisotopic (exact) mass is 476 g/mol. The molecular formula is C24H36N4O6. The number of benzene rings is 1. The first-order chi connectivity index (χ1) is 15.7. The number of alkyl carbamates (subject to hydrolysis) is 2. The number of amides is 4. The molecule has 188 valence electrons. The number of hydrogen-bond acceptors (Lipinski definition) is 6. The van der Waals surface area contributed by atoms with Crippen molar-refractivity contribution < 1.29 is 28.7 Å². The SMILES string of the molecule is CC(C)(C)NC(=O)[C@H](CNC(=O)OCc1ccccc1)N1CC[C@H](NC(=O)OC(C)(C)C)C1=O. The predicted molar refractivity (Wildman–Crippen MR) is 126 cm³/mol. The predicted octanol–water partition coefficient (Wildman–Crippen LogP) is 2.32. The topological polar surface area (TPSA) is 126 Å². The van der Waals surface area contributed by atoms with Crippen LogP contribution in [0.2, 0.25) is 0 Å². The second-order valence-electron chi connectivity index (χ2n) is 10.2. The second-order valence-corrected chi connectivity index (χ2v) is 10.2. The van der Waals surface area contributed by atoms with E-state index in [2.05, 4.69) is 16.0 Å². The van der Waals surface area contributed by atoms with Crippen LogP contribution in [0, 0.1) is 0 Å². The molecule has 4 amide bonds. The van der Waals surface area contributed by atoms with Gasteiger partial charge >= 0.3 is 12.2 Å². The molecule has 10 nitrogen and oxygen atoms in total. The number of carbonyl (C=O) groups excluding carboxylic acids is 4. The average molecular weight is 477 g/mol. The summed E-state index contributed by atoms with van der Waals surface area (Å²) in [5.74, 6) is -0.832. The summed E-state index contributed by atoms with van der Waals surface area (Å²) >= 11 is 0. The Morgan fingerprint density at radius 3 is 2.29 bits per heavy atom. The second kappa shape index (κ2) is 11.2. The van der Waals surface area contributed by atoms with Crippen LogP contribution in [-0.2, 0) is 25.7 Å². The maximum atomic E-state index is 13.0. The first kappa shape index (κ1) is 26.9. The van der Waals surface area contributed by atoms with Crippen molar-refractivity contribution in [1.29, 1.82) is 0 Å². The zero-order valence-corrected chi connectivity index (χ0v) is 20.8. The van der Waals surface area contributed by atoms with Gasteiger partial charge in [-0.1, -0.05) is 30.3 Å². The van der Waals surface area contributed by atoms with Gasteiger partial charge in [-0.05, 0) is 53.5 Å². The van der Waals surface area contributed by atoms with E-state index in [4.69, 9.17) is 9.47 Å². The molecule has 1 aromatic rings. The standard InChI is InChI=1S/C24H36N4O6/c1-23(2,3)27-19(29)18(14-25-21(31)33-15-16-10-8-7-9-11-16)28-13-12-17(20(28)30)26-22(32)34-24(4,5)6/h7-11,17-18H,12-15H2,1-6H3,(H,25,31)(H,26,32)(H,27,29)/t17-,18-/m0/s1. The molecule has 0 aromatic heterocycles. The van der Waals surface area contributed by atoms with Gasteiger partial charge in [0.15, 0.2) is 0 Å². The van der Waals surface area contributed by atoms with E-state index in [1.54, 1.807) is 20.8 Å². The molecule has 34 heavy (non-hydrogen) atoms. The van der Waals surface area contributed by atoms with Crippen LogP contribution >= 0.6 is 0 Å². The molecule has 0 aliphatic carbocycles. The van der Waals surface area contributed by atoms with E-state index in [9.17, 15) is 19.2 Å². The zero-order chi connectivity index (χ0) is 25.5. The fraction of sp³-hybridized carbons (Fsp3) is 0.583. The Morgan fingerprint density at radius 2 is 1.71 bits per heavy atom. The van der Waals surface area contributed by atoms with Crippen molar-refractivity contribution >= 4 is 24.0 Å². The average Bonchev–Trinajstić information content (AvgIpc) is 3.04. The van der Waals surface area contributed by atoms with E-state index in [-0.39, 0.29) is 19.7 Å².